The lowest BCUT2D eigenvalue weighted by atomic mass is 9.82. The summed E-state index contributed by atoms with van der Waals surface area (Å²) >= 11 is 0. The lowest BCUT2D eigenvalue weighted by molar-refractivity contribution is -0.142. The standard InChI is InChI=1S/C13H19NO3/c1-7-2-10-11(3-7)13(17)14(12(10)16)6-8-4-9(15)5-8/h7-11,15H,2-6H2,1H3. The first-order valence-corrected chi connectivity index (χ1v) is 6.59. The minimum absolute atomic E-state index is 0.0394. The number of imide groups is 1. The van der Waals surface area contributed by atoms with Crippen LogP contribution < -0.4 is 0 Å². The normalized spacial score (nSPS) is 45.1. The van der Waals surface area contributed by atoms with Gasteiger partial charge in [0.1, 0.15) is 0 Å². The van der Waals surface area contributed by atoms with E-state index in [1.807, 2.05) is 0 Å². The van der Waals surface area contributed by atoms with Gasteiger partial charge in [0.25, 0.3) is 0 Å². The van der Waals surface area contributed by atoms with Crippen molar-refractivity contribution in [2.75, 3.05) is 6.54 Å². The molecule has 0 aromatic carbocycles. The molecule has 94 valence electrons. The number of hydrogen-bond acceptors (Lipinski definition) is 3. The Morgan fingerprint density at radius 1 is 1.12 bits per heavy atom. The molecule has 17 heavy (non-hydrogen) atoms. The third-order valence-corrected chi connectivity index (χ3v) is 4.62. The van der Waals surface area contributed by atoms with Gasteiger partial charge in [-0.25, -0.2) is 0 Å². The second-order valence-electron chi connectivity index (χ2n) is 6.07. The highest BCUT2D eigenvalue weighted by molar-refractivity contribution is 6.05. The Kier molecular flexibility index (Phi) is 2.51. The van der Waals surface area contributed by atoms with E-state index in [0.29, 0.717) is 18.4 Å². The second kappa shape index (κ2) is 3.80. The number of carbonyl (C=O) groups excluding carboxylic acids is 2. The van der Waals surface area contributed by atoms with Gasteiger partial charge in [0.2, 0.25) is 11.8 Å². The van der Waals surface area contributed by atoms with Crippen molar-refractivity contribution in [3.05, 3.63) is 0 Å². The van der Waals surface area contributed by atoms with Crippen LogP contribution in [0.2, 0.25) is 0 Å². The van der Waals surface area contributed by atoms with Crippen molar-refractivity contribution >= 4 is 11.8 Å². The molecule has 0 bridgehead atoms. The largest absolute Gasteiger partial charge is 0.393 e. The Morgan fingerprint density at radius 3 is 2.12 bits per heavy atom. The van der Waals surface area contributed by atoms with Crippen LogP contribution in [0.15, 0.2) is 0 Å². The van der Waals surface area contributed by atoms with Crippen LogP contribution in [-0.4, -0.2) is 34.5 Å². The number of amides is 2. The molecular formula is C13H19NO3. The van der Waals surface area contributed by atoms with Gasteiger partial charge in [-0.15, -0.1) is 0 Å². The van der Waals surface area contributed by atoms with Crippen molar-refractivity contribution < 1.29 is 14.7 Å². The Morgan fingerprint density at radius 2 is 1.65 bits per heavy atom. The fourth-order valence-corrected chi connectivity index (χ4v) is 3.63. The molecule has 3 fully saturated rings. The molecule has 0 aromatic heterocycles. The number of carbonyl (C=O) groups is 2. The molecule has 3 aliphatic rings. The van der Waals surface area contributed by atoms with Gasteiger partial charge in [0.05, 0.1) is 17.9 Å². The predicted molar refractivity (Wildman–Crippen MR) is 60.8 cm³/mol. The molecule has 2 unspecified atom stereocenters. The zero-order valence-electron chi connectivity index (χ0n) is 10.1. The number of likely N-dealkylation sites (tertiary alicyclic amines) is 1. The first-order chi connectivity index (χ1) is 8.06. The summed E-state index contributed by atoms with van der Waals surface area (Å²) in [5.74, 6) is 0.848. The van der Waals surface area contributed by atoms with Gasteiger partial charge < -0.3 is 5.11 Å². The third kappa shape index (κ3) is 1.69. The molecule has 3 rings (SSSR count). The number of nitrogens with zero attached hydrogens (tertiary/aromatic N) is 1. The fraction of sp³-hybridized carbons (Fsp3) is 0.846. The molecule has 2 saturated carbocycles. The van der Waals surface area contributed by atoms with Gasteiger partial charge in [-0.2, -0.15) is 0 Å². The van der Waals surface area contributed by atoms with E-state index in [2.05, 4.69) is 6.92 Å². The van der Waals surface area contributed by atoms with Crippen LogP contribution in [0.5, 0.6) is 0 Å². The van der Waals surface area contributed by atoms with Crippen LogP contribution >= 0.6 is 0 Å². The summed E-state index contributed by atoms with van der Waals surface area (Å²) in [5, 5.41) is 9.23. The number of aliphatic hydroxyl groups excluding tert-OH is 1. The number of aliphatic hydroxyl groups is 1. The highest BCUT2D eigenvalue weighted by atomic mass is 16.3. The molecule has 0 aromatic rings. The molecule has 1 N–H and O–H groups in total. The predicted octanol–water partition coefficient (Wildman–Crippen LogP) is 0.788. The van der Waals surface area contributed by atoms with Crippen molar-refractivity contribution in [1.29, 1.82) is 0 Å². The summed E-state index contributed by atoms with van der Waals surface area (Å²) in [7, 11) is 0. The van der Waals surface area contributed by atoms with Crippen molar-refractivity contribution in [3.8, 4) is 0 Å². The first kappa shape index (κ1) is 11.2. The Hall–Kier alpha value is -0.900. The Labute approximate surface area is 101 Å². The van der Waals surface area contributed by atoms with E-state index in [0.717, 1.165) is 25.7 Å². The molecule has 1 heterocycles. The smallest absolute Gasteiger partial charge is 0.233 e. The maximum Gasteiger partial charge on any atom is 0.233 e. The topological polar surface area (TPSA) is 57.6 Å². The van der Waals surface area contributed by atoms with Crippen LogP contribution in [0, 0.1) is 23.7 Å². The minimum Gasteiger partial charge on any atom is -0.393 e. The van der Waals surface area contributed by atoms with Crippen molar-refractivity contribution in [1.82, 2.24) is 4.90 Å². The SMILES string of the molecule is CC1CC2C(=O)N(CC3CC(O)C3)C(=O)C2C1. The van der Waals surface area contributed by atoms with Crippen LogP contribution in [0.25, 0.3) is 0 Å². The summed E-state index contributed by atoms with van der Waals surface area (Å²) in [6.45, 7) is 2.65. The molecule has 0 radical (unpaired) electrons. The summed E-state index contributed by atoms with van der Waals surface area (Å²) < 4.78 is 0. The zero-order valence-corrected chi connectivity index (χ0v) is 10.1. The lowest BCUT2D eigenvalue weighted by Gasteiger charge is -2.34. The Balaban J connectivity index is 1.67. The van der Waals surface area contributed by atoms with Crippen molar-refractivity contribution in [2.45, 2.75) is 38.7 Å². The van der Waals surface area contributed by atoms with Gasteiger partial charge in [-0.3, -0.25) is 14.5 Å². The van der Waals surface area contributed by atoms with E-state index in [4.69, 9.17) is 0 Å². The third-order valence-electron chi connectivity index (χ3n) is 4.62. The van der Waals surface area contributed by atoms with E-state index in [9.17, 15) is 14.7 Å². The van der Waals surface area contributed by atoms with Crippen LogP contribution in [0.3, 0.4) is 0 Å². The maximum absolute atomic E-state index is 12.1. The highest BCUT2D eigenvalue weighted by Gasteiger charge is 2.52. The van der Waals surface area contributed by atoms with E-state index < -0.39 is 0 Å². The summed E-state index contributed by atoms with van der Waals surface area (Å²) in [4.78, 5) is 25.8. The molecule has 2 aliphatic carbocycles. The van der Waals surface area contributed by atoms with Crippen LogP contribution in [0.4, 0.5) is 0 Å². The zero-order chi connectivity index (χ0) is 12.2. The molecule has 1 aliphatic heterocycles. The van der Waals surface area contributed by atoms with Gasteiger partial charge >= 0.3 is 0 Å². The molecule has 0 spiro atoms. The molecule has 4 heteroatoms. The molecule has 2 amide bonds. The van der Waals surface area contributed by atoms with E-state index in [1.54, 1.807) is 0 Å². The highest BCUT2D eigenvalue weighted by Crippen LogP contribution is 2.43. The Bertz CT molecular complexity index is 338. The number of hydrogen-bond donors (Lipinski definition) is 1. The van der Waals surface area contributed by atoms with Gasteiger partial charge in [0, 0.05) is 6.54 Å². The van der Waals surface area contributed by atoms with Crippen LogP contribution in [0.1, 0.15) is 32.6 Å². The van der Waals surface area contributed by atoms with E-state index in [-0.39, 0.29) is 29.8 Å². The summed E-state index contributed by atoms with van der Waals surface area (Å²) in [6, 6.07) is 0. The minimum atomic E-state index is -0.215. The van der Waals surface area contributed by atoms with E-state index >= 15 is 0 Å². The molecule has 4 nitrogen and oxygen atoms in total. The van der Waals surface area contributed by atoms with Gasteiger partial charge in [0.15, 0.2) is 0 Å². The molecular weight excluding hydrogens is 218 g/mol. The van der Waals surface area contributed by atoms with E-state index in [1.165, 1.54) is 4.90 Å². The molecule has 1 saturated heterocycles. The van der Waals surface area contributed by atoms with Crippen LogP contribution in [-0.2, 0) is 9.59 Å². The lowest BCUT2D eigenvalue weighted by Crippen LogP contribution is -2.42. The van der Waals surface area contributed by atoms with Gasteiger partial charge in [-0.05, 0) is 37.5 Å². The average molecular weight is 237 g/mol. The number of fused-ring (bicyclic) bond motifs is 1. The number of rotatable bonds is 2. The van der Waals surface area contributed by atoms with Gasteiger partial charge in [-0.1, -0.05) is 6.92 Å². The monoisotopic (exact) mass is 237 g/mol. The quantitative estimate of drug-likeness (QED) is 0.722. The average Bonchev–Trinajstić information content (AvgIpc) is 2.70. The van der Waals surface area contributed by atoms with Crippen molar-refractivity contribution in [3.63, 3.8) is 0 Å². The second-order valence-corrected chi connectivity index (χ2v) is 6.07. The summed E-state index contributed by atoms with van der Waals surface area (Å²) in [6.07, 6.45) is 3.01. The molecule has 2 atom stereocenters. The first-order valence-electron chi connectivity index (χ1n) is 6.59. The fourth-order valence-electron chi connectivity index (χ4n) is 3.63. The maximum atomic E-state index is 12.1. The van der Waals surface area contributed by atoms with Crippen molar-refractivity contribution in [2.24, 2.45) is 23.7 Å². The summed E-state index contributed by atoms with van der Waals surface area (Å²) in [5.41, 5.74) is 0.